The van der Waals surface area contributed by atoms with Crippen molar-refractivity contribution in [1.82, 2.24) is 4.31 Å². The van der Waals surface area contributed by atoms with E-state index < -0.39 is 14.9 Å². The number of nitro groups is 1. The summed E-state index contributed by atoms with van der Waals surface area (Å²) in [6.07, 6.45) is 0. The lowest BCUT2D eigenvalue weighted by atomic mass is 10.2. The van der Waals surface area contributed by atoms with E-state index in [1.165, 1.54) is 16.4 Å². The van der Waals surface area contributed by atoms with Crippen molar-refractivity contribution in [3.05, 3.63) is 63.2 Å². The van der Waals surface area contributed by atoms with Crippen LogP contribution in [0.3, 0.4) is 0 Å². The molecule has 1 saturated heterocycles. The fourth-order valence-corrected chi connectivity index (χ4v) is 4.89. The van der Waals surface area contributed by atoms with Gasteiger partial charge in [0.05, 0.1) is 23.8 Å². The molecule has 0 saturated carbocycles. The first-order chi connectivity index (χ1) is 13.3. The highest BCUT2D eigenvalue weighted by Crippen LogP contribution is 2.32. The third-order valence-corrected chi connectivity index (χ3v) is 6.82. The summed E-state index contributed by atoms with van der Waals surface area (Å²) in [7, 11) is -2.20. The van der Waals surface area contributed by atoms with Gasteiger partial charge in [0.15, 0.2) is 0 Å². The Bertz CT molecular complexity index is 977. The molecule has 0 N–H and O–H groups in total. The van der Waals surface area contributed by atoms with Gasteiger partial charge in [0.2, 0.25) is 10.0 Å². The smallest absolute Gasteiger partial charge is 0.270 e. The Morgan fingerprint density at radius 3 is 2.54 bits per heavy atom. The highest BCUT2D eigenvalue weighted by molar-refractivity contribution is 7.89. The fourth-order valence-electron chi connectivity index (χ4n) is 3.03. The summed E-state index contributed by atoms with van der Waals surface area (Å²) in [5, 5.41) is 11.8. The molecule has 1 fully saturated rings. The Morgan fingerprint density at radius 1 is 1.21 bits per heavy atom. The number of rotatable bonds is 6. The summed E-state index contributed by atoms with van der Waals surface area (Å²) in [4.78, 5) is 12.2. The zero-order valence-corrected chi connectivity index (χ0v) is 16.8. The zero-order chi connectivity index (χ0) is 20.3. The number of non-ortho nitro benzene ring substituents is 1. The minimum Gasteiger partial charge on any atom is -0.379 e. The van der Waals surface area contributed by atoms with Gasteiger partial charge in [0.1, 0.15) is 4.90 Å². The summed E-state index contributed by atoms with van der Waals surface area (Å²) >= 11 is 6.22. The molecule has 0 atom stereocenters. The van der Waals surface area contributed by atoms with Crippen molar-refractivity contribution >= 4 is 33.0 Å². The van der Waals surface area contributed by atoms with Crippen LogP contribution in [0.1, 0.15) is 5.56 Å². The van der Waals surface area contributed by atoms with Gasteiger partial charge < -0.3 is 9.64 Å². The van der Waals surface area contributed by atoms with Gasteiger partial charge in [-0.15, -0.1) is 0 Å². The first kappa shape index (κ1) is 20.5. The number of halogens is 1. The molecular weight excluding hydrogens is 406 g/mol. The number of hydrogen-bond donors (Lipinski definition) is 0. The average Bonchev–Trinajstić information content (AvgIpc) is 2.69. The largest absolute Gasteiger partial charge is 0.379 e. The molecule has 0 aliphatic carbocycles. The predicted molar refractivity (Wildman–Crippen MR) is 106 cm³/mol. The number of nitro benzene ring substituents is 1. The Kier molecular flexibility index (Phi) is 6.19. The lowest BCUT2D eigenvalue weighted by molar-refractivity contribution is -0.385. The summed E-state index contributed by atoms with van der Waals surface area (Å²) in [6, 6.07) is 11.1. The lowest BCUT2D eigenvalue weighted by Crippen LogP contribution is -2.41. The fraction of sp³-hybridized carbons (Fsp3) is 0.333. The SMILES string of the molecule is CN(Cc1ccccc1Cl)c1ccc([N+](=O)[O-])cc1S(=O)(=O)N1CCOCC1. The minimum atomic E-state index is -3.92. The predicted octanol–water partition coefficient (Wildman–Crippen LogP) is 2.91. The Hall–Kier alpha value is -2.20. The number of hydrogen-bond acceptors (Lipinski definition) is 6. The molecule has 0 spiro atoms. The quantitative estimate of drug-likeness (QED) is 0.521. The van der Waals surface area contributed by atoms with Crippen molar-refractivity contribution in [3.63, 3.8) is 0 Å². The van der Waals surface area contributed by atoms with E-state index in [4.69, 9.17) is 16.3 Å². The van der Waals surface area contributed by atoms with Crippen LogP contribution in [0.2, 0.25) is 5.02 Å². The van der Waals surface area contributed by atoms with Crippen LogP contribution >= 0.6 is 11.6 Å². The van der Waals surface area contributed by atoms with E-state index in [1.807, 2.05) is 18.2 Å². The van der Waals surface area contributed by atoms with Gasteiger partial charge >= 0.3 is 0 Å². The molecule has 0 radical (unpaired) electrons. The minimum absolute atomic E-state index is 0.0989. The molecule has 1 heterocycles. The second-order valence-corrected chi connectivity index (χ2v) is 8.69. The molecule has 8 nitrogen and oxygen atoms in total. The monoisotopic (exact) mass is 425 g/mol. The van der Waals surface area contributed by atoms with Crippen LogP contribution in [0.5, 0.6) is 0 Å². The molecule has 1 aliphatic rings. The van der Waals surface area contributed by atoms with E-state index in [-0.39, 0.29) is 23.7 Å². The molecule has 10 heteroatoms. The molecular formula is C18H20ClN3O5S. The van der Waals surface area contributed by atoms with Gasteiger partial charge in [-0.3, -0.25) is 10.1 Å². The number of nitrogens with zero attached hydrogens (tertiary/aromatic N) is 3. The Morgan fingerprint density at radius 2 is 1.89 bits per heavy atom. The van der Waals surface area contributed by atoms with Gasteiger partial charge in [-0.2, -0.15) is 4.31 Å². The zero-order valence-electron chi connectivity index (χ0n) is 15.2. The van der Waals surface area contributed by atoms with E-state index >= 15 is 0 Å². The summed E-state index contributed by atoms with van der Waals surface area (Å²) in [5.41, 5.74) is 0.915. The van der Waals surface area contributed by atoms with Crippen molar-refractivity contribution < 1.29 is 18.1 Å². The molecule has 28 heavy (non-hydrogen) atoms. The van der Waals surface area contributed by atoms with E-state index in [0.717, 1.165) is 11.6 Å². The second-order valence-electron chi connectivity index (χ2n) is 6.37. The van der Waals surface area contributed by atoms with Gasteiger partial charge in [-0.1, -0.05) is 29.8 Å². The third kappa shape index (κ3) is 4.27. The van der Waals surface area contributed by atoms with E-state index in [1.54, 1.807) is 18.0 Å². The maximum atomic E-state index is 13.2. The molecule has 2 aromatic rings. The Balaban J connectivity index is 2.03. The van der Waals surface area contributed by atoms with Crippen LogP contribution in [0.4, 0.5) is 11.4 Å². The van der Waals surface area contributed by atoms with E-state index in [9.17, 15) is 18.5 Å². The molecule has 2 aromatic carbocycles. The molecule has 3 rings (SSSR count). The van der Waals surface area contributed by atoms with E-state index in [2.05, 4.69) is 0 Å². The molecule has 1 aliphatic heterocycles. The van der Waals surface area contributed by atoms with Gasteiger partial charge in [-0.25, -0.2) is 8.42 Å². The average molecular weight is 426 g/mol. The van der Waals surface area contributed by atoms with Crippen LogP contribution < -0.4 is 4.90 Å². The second kappa shape index (κ2) is 8.44. The molecule has 0 aromatic heterocycles. The highest BCUT2D eigenvalue weighted by Gasteiger charge is 2.31. The number of morpholine rings is 1. The Labute approximate surface area is 168 Å². The molecule has 0 unspecified atom stereocenters. The maximum Gasteiger partial charge on any atom is 0.270 e. The van der Waals surface area contributed by atoms with Crippen molar-refractivity contribution in [3.8, 4) is 0 Å². The van der Waals surface area contributed by atoms with Crippen LogP contribution in [-0.4, -0.2) is 51.0 Å². The third-order valence-electron chi connectivity index (χ3n) is 4.52. The van der Waals surface area contributed by atoms with Gasteiger partial charge in [0.25, 0.3) is 5.69 Å². The normalized spacial score (nSPS) is 15.4. The topological polar surface area (TPSA) is 93.0 Å². The number of anilines is 1. The van der Waals surface area contributed by atoms with Crippen molar-refractivity contribution in [2.75, 3.05) is 38.3 Å². The van der Waals surface area contributed by atoms with Crippen molar-refractivity contribution in [1.29, 1.82) is 0 Å². The maximum absolute atomic E-state index is 13.2. The van der Waals surface area contributed by atoms with Crippen LogP contribution in [0.15, 0.2) is 47.4 Å². The summed E-state index contributed by atoms with van der Waals surface area (Å²) < 4.78 is 32.9. The van der Waals surface area contributed by atoms with Crippen molar-refractivity contribution in [2.45, 2.75) is 11.4 Å². The van der Waals surface area contributed by atoms with Crippen LogP contribution in [0, 0.1) is 10.1 Å². The number of sulfonamides is 1. The van der Waals surface area contributed by atoms with E-state index in [0.29, 0.717) is 30.5 Å². The summed E-state index contributed by atoms with van der Waals surface area (Å²) in [6.45, 7) is 1.35. The molecule has 0 amide bonds. The van der Waals surface area contributed by atoms with Crippen LogP contribution in [0.25, 0.3) is 0 Å². The van der Waals surface area contributed by atoms with Crippen LogP contribution in [-0.2, 0) is 21.3 Å². The number of benzene rings is 2. The highest BCUT2D eigenvalue weighted by atomic mass is 35.5. The first-order valence-corrected chi connectivity index (χ1v) is 10.4. The standard InChI is InChI=1S/C18H20ClN3O5S/c1-20(13-14-4-2-3-5-16(14)19)17-7-6-15(22(23)24)12-18(17)28(25,26)21-8-10-27-11-9-21/h2-7,12H,8-11,13H2,1H3. The molecule has 0 bridgehead atoms. The first-order valence-electron chi connectivity index (χ1n) is 8.61. The number of ether oxygens (including phenoxy) is 1. The lowest BCUT2D eigenvalue weighted by Gasteiger charge is -2.29. The van der Waals surface area contributed by atoms with Crippen molar-refractivity contribution in [2.24, 2.45) is 0 Å². The molecule has 150 valence electrons. The summed E-state index contributed by atoms with van der Waals surface area (Å²) in [5.74, 6) is 0. The van der Waals surface area contributed by atoms with Gasteiger partial charge in [0, 0.05) is 43.8 Å². The van der Waals surface area contributed by atoms with Gasteiger partial charge in [-0.05, 0) is 17.7 Å².